The Kier molecular flexibility index (Phi) is 7.88. The molecule has 3 aromatic carbocycles. The lowest BCUT2D eigenvalue weighted by Gasteiger charge is -2.32. The molecular formula is C28H26BrClN4O3S. The summed E-state index contributed by atoms with van der Waals surface area (Å²) in [6.07, 6.45) is 5.24. The fraction of sp³-hybridized carbons (Fsp3) is 0.214. The van der Waals surface area contributed by atoms with Crippen LogP contribution in [0.2, 0.25) is 5.02 Å². The van der Waals surface area contributed by atoms with Gasteiger partial charge in [-0.3, -0.25) is 13.8 Å². The number of anilines is 1. The number of amides is 1. The summed E-state index contributed by atoms with van der Waals surface area (Å²) in [5.74, 6) is -0.186. The molecule has 38 heavy (non-hydrogen) atoms. The second kappa shape index (κ2) is 11.3. The van der Waals surface area contributed by atoms with Gasteiger partial charge in [0.05, 0.1) is 38.9 Å². The number of carbonyl (C=O) groups excluding carboxylic acids is 1. The second-order valence-electron chi connectivity index (χ2n) is 9.14. The fourth-order valence-electron chi connectivity index (χ4n) is 4.65. The van der Waals surface area contributed by atoms with Crippen molar-refractivity contribution < 1.29 is 13.2 Å². The minimum atomic E-state index is -4.04. The predicted octanol–water partition coefficient (Wildman–Crippen LogP) is 6.17. The monoisotopic (exact) mass is 612 g/mol. The van der Waals surface area contributed by atoms with E-state index in [1.807, 2.05) is 41.2 Å². The Morgan fingerprint density at radius 1 is 1.00 bits per heavy atom. The van der Waals surface area contributed by atoms with E-state index in [1.54, 1.807) is 47.5 Å². The highest BCUT2D eigenvalue weighted by Gasteiger charge is 2.29. The summed E-state index contributed by atoms with van der Waals surface area (Å²) in [6.45, 7) is 1.23. The molecule has 2 heterocycles. The Labute approximate surface area is 235 Å². The molecule has 1 aliphatic heterocycles. The van der Waals surface area contributed by atoms with Crippen molar-refractivity contribution in [1.82, 2.24) is 14.7 Å². The van der Waals surface area contributed by atoms with Gasteiger partial charge in [-0.25, -0.2) is 8.42 Å². The van der Waals surface area contributed by atoms with Crippen LogP contribution in [0.25, 0.3) is 0 Å². The number of halogens is 2. The van der Waals surface area contributed by atoms with E-state index in [4.69, 9.17) is 11.6 Å². The van der Waals surface area contributed by atoms with Gasteiger partial charge in [0.25, 0.3) is 15.9 Å². The van der Waals surface area contributed by atoms with Crippen LogP contribution < -0.4 is 4.31 Å². The number of hydrogen-bond acceptors (Lipinski definition) is 4. The third-order valence-electron chi connectivity index (χ3n) is 6.65. The maximum Gasteiger partial charge on any atom is 0.264 e. The van der Waals surface area contributed by atoms with Crippen LogP contribution in [0.1, 0.15) is 34.8 Å². The van der Waals surface area contributed by atoms with Crippen molar-refractivity contribution in [2.75, 3.05) is 17.4 Å². The van der Waals surface area contributed by atoms with Gasteiger partial charge in [-0.2, -0.15) is 5.10 Å². The summed E-state index contributed by atoms with van der Waals surface area (Å²) in [5, 5.41) is 4.69. The summed E-state index contributed by atoms with van der Waals surface area (Å²) in [6, 6.07) is 22.7. The molecule has 1 saturated heterocycles. The van der Waals surface area contributed by atoms with Gasteiger partial charge in [0.15, 0.2) is 0 Å². The van der Waals surface area contributed by atoms with Crippen LogP contribution in [0, 0.1) is 0 Å². The van der Waals surface area contributed by atoms with E-state index in [-0.39, 0.29) is 23.4 Å². The molecule has 0 bridgehead atoms. The molecule has 1 amide bonds. The fourth-order valence-corrected chi connectivity index (χ4v) is 6.76. The van der Waals surface area contributed by atoms with Gasteiger partial charge in [0, 0.05) is 24.8 Å². The Balaban J connectivity index is 1.39. The number of carbonyl (C=O) groups is 1. The summed E-state index contributed by atoms with van der Waals surface area (Å²) in [4.78, 5) is 15.2. The highest BCUT2D eigenvalue weighted by atomic mass is 79.9. The molecule has 4 aromatic rings. The minimum Gasteiger partial charge on any atom is -0.338 e. The summed E-state index contributed by atoms with van der Waals surface area (Å²) >= 11 is 9.87. The Hall–Kier alpha value is -3.14. The van der Waals surface area contributed by atoms with Crippen LogP contribution in [0.4, 0.5) is 5.69 Å². The highest BCUT2D eigenvalue weighted by molar-refractivity contribution is 9.10. The molecule has 1 fully saturated rings. The first kappa shape index (κ1) is 26.5. The number of para-hydroxylation sites is 1. The smallest absolute Gasteiger partial charge is 0.264 e. The molecule has 1 aromatic heterocycles. The zero-order valence-electron chi connectivity index (χ0n) is 20.5. The quantitative estimate of drug-likeness (QED) is 0.250. The van der Waals surface area contributed by atoms with Crippen molar-refractivity contribution in [3.05, 3.63) is 112 Å². The van der Waals surface area contributed by atoms with E-state index in [2.05, 4.69) is 21.0 Å². The first-order valence-electron chi connectivity index (χ1n) is 12.2. The molecule has 0 atom stereocenters. The van der Waals surface area contributed by atoms with Gasteiger partial charge >= 0.3 is 0 Å². The standard InChI is InChI=1S/C28H26BrClN4O3S/c29-23-18-31-33(20-23)24-13-15-32(16-14-24)28(35)22-9-6-10-25(17-22)38(36,37)34(19-21-7-2-1-3-8-21)27-12-5-4-11-26(27)30/h1-12,17-18,20,24H,13-16,19H2. The lowest BCUT2D eigenvalue weighted by atomic mass is 10.0. The van der Waals surface area contributed by atoms with Crippen molar-refractivity contribution in [1.29, 1.82) is 0 Å². The van der Waals surface area contributed by atoms with Crippen molar-refractivity contribution in [3.63, 3.8) is 0 Å². The molecule has 7 nitrogen and oxygen atoms in total. The molecule has 0 spiro atoms. The van der Waals surface area contributed by atoms with Crippen molar-refractivity contribution in [3.8, 4) is 0 Å². The number of likely N-dealkylation sites (tertiary alicyclic amines) is 1. The topological polar surface area (TPSA) is 75.5 Å². The zero-order valence-corrected chi connectivity index (χ0v) is 23.6. The van der Waals surface area contributed by atoms with Crippen LogP contribution in [0.5, 0.6) is 0 Å². The molecule has 0 aliphatic carbocycles. The Morgan fingerprint density at radius 2 is 1.71 bits per heavy atom. The van der Waals surface area contributed by atoms with Crippen LogP contribution in [0.15, 0.2) is 101 Å². The van der Waals surface area contributed by atoms with Crippen molar-refractivity contribution >= 4 is 49.1 Å². The number of piperidine rings is 1. The average molecular weight is 614 g/mol. The van der Waals surface area contributed by atoms with Crippen LogP contribution >= 0.6 is 27.5 Å². The molecule has 0 unspecified atom stereocenters. The summed E-state index contributed by atoms with van der Waals surface area (Å²) < 4.78 is 32.1. The number of benzene rings is 3. The maximum atomic E-state index is 14.0. The predicted molar refractivity (Wildman–Crippen MR) is 152 cm³/mol. The molecular weight excluding hydrogens is 588 g/mol. The third kappa shape index (κ3) is 5.65. The summed E-state index contributed by atoms with van der Waals surface area (Å²) in [7, 11) is -4.04. The lowest BCUT2D eigenvalue weighted by Crippen LogP contribution is -2.39. The first-order chi connectivity index (χ1) is 18.3. The Bertz CT molecular complexity index is 1540. The van der Waals surface area contributed by atoms with Crippen molar-refractivity contribution in [2.45, 2.75) is 30.3 Å². The van der Waals surface area contributed by atoms with Gasteiger partial charge in [0.2, 0.25) is 0 Å². The molecule has 196 valence electrons. The zero-order chi connectivity index (χ0) is 26.7. The van der Waals surface area contributed by atoms with Gasteiger partial charge in [-0.05, 0) is 64.7 Å². The molecule has 1 aliphatic rings. The van der Waals surface area contributed by atoms with E-state index in [9.17, 15) is 13.2 Å². The molecule has 0 saturated carbocycles. The molecule has 0 N–H and O–H groups in total. The number of rotatable bonds is 7. The average Bonchev–Trinajstić information content (AvgIpc) is 3.38. The first-order valence-corrected chi connectivity index (χ1v) is 14.8. The molecule has 0 radical (unpaired) electrons. The van der Waals surface area contributed by atoms with Crippen molar-refractivity contribution in [2.24, 2.45) is 0 Å². The largest absolute Gasteiger partial charge is 0.338 e. The van der Waals surface area contributed by atoms with E-state index in [1.165, 1.54) is 16.4 Å². The number of sulfonamides is 1. The SMILES string of the molecule is O=C(c1cccc(S(=O)(=O)N(Cc2ccccc2)c2ccccc2Cl)c1)N1CCC(n2cc(Br)cn2)CC1. The maximum absolute atomic E-state index is 14.0. The summed E-state index contributed by atoms with van der Waals surface area (Å²) in [5.41, 5.74) is 1.53. The number of hydrogen-bond donors (Lipinski definition) is 0. The second-order valence-corrected chi connectivity index (χ2v) is 12.3. The minimum absolute atomic E-state index is 0.0375. The van der Waals surface area contributed by atoms with E-state index in [0.29, 0.717) is 29.4 Å². The van der Waals surface area contributed by atoms with Gasteiger partial charge in [0.1, 0.15) is 0 Å². The van der Waals surface area contributed by atoms with Gasteiger partial charge < -0.3 is 4.90 Å². The van der Waals surface area contributed by atoms with E-state index >= 15 is 0 Å². The van der Waals surface area contributed by atoms with Crippen LogP contribution in [-0.2, 0) is 16.6 Å². The highest BCUT2D eigenvalue weighted by Crippen LogP contribution is 2.32. The van der Waals surface area contributed by atoms with Crippen LogP contribution in [-0.4, -0.2) is 42.1 Å². The van der Waals surface area contributed by atoms with E-state index in [0.717, 1.165) is 22.9 Å². The van der Waals surface area contributed by atoms with Gasteiger partial charge in [-0.1, -0.05) is 60.1 Å². The van der Waals surface area contributed by atoms with Gasteiger partial charge in [-0.15, -0.1) is 0 Å². The Morgan fingerprint density at radius 3 is 2.39 bits per heavy atom. The normalized spacial score (nSPS) is 14.4. The molecule has 5 rings (SSSR count). The third-order valence-corrected chi connectivity index (χ3v) is 9.14. The lowest BCUT2D eigenvalue weighted by molar-refractivity contribution is 0.0689. The number of nitrogens with zero attached hydrogens (tertiary/aromatic N) is 4. The van der Waals surface area contributed by atoms with E-state index < -0.39 is 10.0 Å². The molecule has 10 heteroatoms. The van der Waals surface area contributed by atoms with Crippen LogP contribution in [0.3, 0.4) is 0 Å². The number of aromatic nitrogens is 2.